The number of carbonyl (C=O) groups is 1. The predicted octanol–water partition coefficient (Wildman–Crippen LogP) is 5.50. The highest BCUT2D eigenvalue weighted by molar-refractivity contribution is 7.15. The summed E-state index contributed by atoms with van der Waals surface area (Å²) in [6.07, 6.45) is 3.05. The number of aromatic nitrogens is 3. The van der Waals surface area contributed by atoms with E-state index in [9.17, 15) is 13.6 Å². The molecule has 0 aliphatic heterocycles. The highest BCUT2D eigenvalue weighted by Gasteiger charge is 2.18. The number of fused-ring (bicyclic) bond motifs is 1. The van der Waals surface area contributed by atoms with Gasteiger partial charge in [0.25, 0.3) is 5.91 Å². The molecule has 186 valence electrons. The van der Waals surface area contributed by atoms with Gasteiger partial charge in [0.15, 0.2) is 11.6 Å². The van der Waals surface area contributed by atoms with Gasteiger partial charge in [-0.2, -0.15) is 0 Å². The summed E-state index contributed by atoms with van der Waals surface area (Å²) in [5.41, 5.74) is 8.68. The van der Waals surface area contributed by atoms with Crippen molar-refractivity contribution in [2.75, 3.05) is 18.1 Å². The molecule has 5 rings (SSSR count). The molecule has 0 bridgehead atoms. The molecule has 0 aliphatic rings. The van der Waals surface area contributed by atoms with E-state index in [1.807, 2.05) is 30.3 Å². The standard InChI is InChI=1S/C27H22F2N6OS/c1-35(14-16-4-7-21(28)22(29)11-16)27(36)19-3-2-10-31-26(19)32-13-18-6-9-24(37-18)17-5-8-23-20(12-17)25(30)34-15-33-23/h2-12,15H,13-14H2,1H3,(H,31,32)(H2,30,33,34). The number of anilines is 2. The second-order valence-electron chi connectivity index (χ2n) is 8.42. The maximum Gasteiger partial charge on any atom is 0.257 e. The minimum Gasteiger partial charge on any atom is -0.383 e. The molecule has 37 heavy (non-hydrogen) atoms. The van der Waals surface area contributed by atoms with Crippen LogP contribution in [-0.4, -0.2) is 32.8 Å². The largest absolute Gasteiger partial charge is 0.383 e. The number of nitrogens with one attached hydrogen (secondary N) is 1. The normalized spacial score (nSPS) is 11.0. The van der Waals surface area contributed by atoms with Gasteiger partial charge in [-0.1, -0.05) is 12.1 Å². The molecule has 0 saturated carbocycles. The fraction of sp³-hybridized carbons (Fsp3) is 0.111. The highest BCUT2D eigenvalue weighted by atomic mass is 32.1. The van der Waals surface area contributed by atoms with E-state index in [2.05, 4.69) is 20.3 Å². The molecule has 0 spiro atoms. The van der Waals surface area contributed by atoms with Crippen molar-refractivity contribution in [1.29, 1.82) is 0 Å². The van der Waals surface area contributed by atoms with Crippen molar-refractivity contribution >= 4 is 39.8 Å². The number of benzene rings is 2. The fourth-order valence-electron chi connectivity index (χ4n) is 3.94. The predicted molar refractivity (Wildman–Crippen MR) is 141 cm³/mol. The van der Waals surface area contributed by atoms with Crippen LogP contribution in [0, 0.1) is 11.6 Å². The molecule has 0 radical (unpaired) electrons. The quantitative estimate of drug-likeness (QED) is 0.297. The third-order valence-corrected chi connectivity index (χ3v) is 6.97. The Balaban J connectivity index is 1.29. The summed E-state index contributed by atoms with van der Waals surface area (Å²) in [6, 6.07) is 16.9. The molecule has 0 aliphatic carbocycles. The van der Waals surface area contributed by atoms with Gasteiger partial charge in [0.1, 0.15) is 18.0 Å². The third kappa shape index (κ3) is 5.24. The van der Waals surface area contributed by atoms with Crippen molar-refractivity contribution in [2.24, 2.45) is 0 Å². The minimum atomic E-state index is -0.946. The van der Waals surface area contributed by atoms with Crippen LogP contribution in [0.5, 0.6) is 0 Å². The van der Waals surface area contributed by atoms with E-state index in [0.717, 1.165) is 38.4 Å². The third-order valence-electron chi connectivity index (χ3n) is 5.83. The zero-order valence-corrected chi connectivity index (χ0v) is 20.6. The van der Waals surface area contributed by atoms with Crippen LogP contribution in [0.3, 0.4) is 0 Å². The second-order valence-corrected chi connectivity index (χ2v) is 9.59. The van der Waals surface area contributed by atoms with Crippen molar-refractivity contribution < 1.29 is 13.6 Å². The van der Waals surface area contributed by atoms with Gasteiger partial charge < -0.3 is 16.0 Å². The van der Waals surface area contributed by atoms with E-state index in [4.69, 9.17) is 5.73 Å². The number of pyridine rings is 1. The number of nitrogens with two attached hydrogens (primary N) is 1. The molecule has 10 heteroatoms. The van der Waals surface area contributed by atoms with E-state index < -0.39 is 11.6 Å². The average molecular weight is 517 g/mol. The molecule has 3 aromatic heterocycles. The average Bonchev–Trinajstić information content (AvgIpc) is 3.38. The zero-order valence-electron chi connectivity index (χ0n) is 19.8. The first-order valence-electron chi connectivity index (χ1n) is 11.4. The lowest BCUT2D eigenvalue weighted by molar-refractivity contribution is 0.0785. The van der Waals surface area contributed by atoms with Crippen LogP contribution in [0.2, 0.25) is 0 Å². The van der Waals surface area contributed by atoms with Gasteiger partial charge in [0.05, 0.1) is 17.6 Å². The SMILES string of the molecule is CN(Cc1ccc(F)c(F)c1)C(=O)c1cccnc1NCc1ccc(-c2ccc3ncnc(N)c3c2)s1. The van der Waals surface area contributed by atoms with Gasteiger partial charge in [-0.15, -0.1) is 11.3 Å². The van der Waals surface area contributed by atoms with E-state index in [1.54, 1.807) is 36.7 Å². The van der Waals surface area contributed by atoms with Crippen LogP contribution in [0.25, 0.3) is 21.3 Å². The number of carbonyl (C=O) groups excluding carboxylic acids is 1. The van der Waals surface area contributed by atoms with Crippen LogP contribution in [0.15, 0.2) is 73.2 Å². The number of nitrogen functional groups attached to an aromatic ring is 1. The van der Waals surface area contributed by atoms with Gasteiger partial charge in [-0.25, -0.2) is 23.7 Å². The number of rotatable bonds is 7. The molecule has 5 aromatic rings. The Hall–Kier alpha value is -4.44. The first kappa shape index (κ1) is 24.3. The Kier molecular flexibility index (Phi) is 6.74. The minimum absolute atomic E-state index is 0.125. The monoisotopic (exact) mass is 516 g/mol. The first-order valence-corrected chi connectivity index (χ1v) is 12.2. The molecule has 1 amide bonds. The van der Waals surface area contributed by atoms with Crippen molar-refractivity contribution in [3.63, 3.8) is 0 Å². The van der Waals surface area contributed by atoms with Crippen molar-refractivity contribution in [2.45, 2.75) is 13.1 Å². The summed E-state index contributed by atoms with van der Waals surface area (Å²) in [6.45, 7) is 0.591. The summed E-state index contributed by atoms with van der Waals surface area (Å²) in [5, 5.41) is 4.05. The zero-order chi connectivity index (χ0) is 25.9. The van der Waals surface area contributed by atoms with Gasteiger partial charge in [0, 0.05) is 34.9 Å². The summed E-state index contributed by atoms with van der Waals surface area (Å²) in [5.74, 6) is -1.28. The van der Waals surface area contributed by atoms with Crippen molar-refractivity contribution in [1.82, 2.24) is 19.9 Å². The van der Waals surface area contributed by atoms with Crippen LogP contribution >= 0.6 is 11.3 Å². The molecular weight excluding hydrogens is 494 g/mol. The van der Waals surface area contributed by atoms with E-state index >= 15 is 0 Å². The Morgan fingerprint density at radius 2 is 1.89 bits per heavy atom. The summed E-state index contributed by atoms with van der Waals surface area (Å²) >= 11 is 1.61. The first-order chi connectivity index (χ1) is 17.9. The number of halogens is 2. The lowest BCUT2D eigenvalue weighted by Gasteiger charge is -2.19. The molecule has 7 nitrogen and oxygen atoms in total. The molecule has 3 heterocycles. The number of hydrogen-bond acceptors (Lipinski definition) is 7. The van der Waals surface area contributed by atoms with E-state index in [1.165, 1.54) is 17.3 Å². The maximum atomic E-state index is 13.6. The molecule has 2 aromatic carbocycles. The van der Waals surface area contributed by atoms with Crippen molar-refractivity contribution in [3.8, 4) is 10.4 Å². The summed E-state index contributed by atoms with van der Waals surface area (Å²) in [7, 11) is 1.60. The molecule has 0 atom stereocenters. The van der Waals surface area contributed by atoms with Crippen LogP contribution in [0.1, 0.15) is 20.8 Å². The number of amides is 1. The Bertz CT molecular complexity index is 1610. The fourth-order valence-corrected chi connectivity index (χ4v) is 4.88. The molecule has 0 unspecified atom stereocenters. The molecule has 0 saturated heterocycles. The number of hydrogen-bond donors (Lipinski definition) is 2. The van der Waals surface area contributed by atoms with Crippen molar-refractivity contribution in [3.05, 3.63) is 101 Å². The Labute approximate surface area is 215 Å². The van der Waals surface area contributed by atoms with Gasteiger partial charge >= 0.3 is 0 Å². The van der Waals surface area contributed by atoms with E-state index in [-0.39, 0.29) is 12.5 Å². The van der Waals surface area contributed by atoms with E-state index in [0.29, 0.717) is 29.3 Å². The highest BCUT2D eigenvalue weighted by Crippen LogP contribution is 2.31. The number of nitrogens with zero attached hydrogens (tertiary/aromatic N) is 4. The van der Waals surface area contributed by atoms with Crippen LogP contribution < -0.4 is 11.1 Å². The summed E-state index contributed by atoms with van der Waals surface area (Å²) < 4.78 is 26.8. The van der Waals surface area contributed by atoms with Crippen LogP contribution in [-0.2, 0) is 13.1 Å². The van der Waals surface area contributed by atoms with Gasteiger partial charge in [-0.3, -0.25) is 4.79 Å². The Morgan fingerprint density at radius 1 is 1.03 bits per heavy atom. The molecule has 3 N–H and O–H groups in total. The van der Waals surface area contributed by atoms with Crippen LogP contribution in [0.4, 0.5) is 20.4 Å². The lowest BCUT2D eigenvalue weighted by atomic mass is 10.1. The van der Waals surface area contributed by atoms with Gasteiger partial charge in [0.2, 0.25) is 0 Å². The molecular formula is C27H22F2N6OS. The van der Waals surface area contributed by atoms with Gasteiger partial charge in [-0.05, 0) is 59.7 Å². The topological polar surface area (TPSA) is 97.0 Å². The Morgan fingerprint density at radius 3 is 2.73 bits per heavy atom. The summed E-state index contributed by atoms with van der Waals surface area (Å²) in [4.78, 5) is 29.3. The second kappa shape index (κ2) is 10.3. The smallest absolute Gasteiger partial charge is 0.257 e. The lowest BCUT2D eigenvalue weighted by Crippen LogP contribution is -2.27. The maximum absolute atomic E-state index is 13.6. The number of thiophene rings is 1. The molecule has 0 fully saturated rings.